The van der Waals surface area contributed by atoms with Crippen LogP contribution in [0, 0.1) is 33.0 Å². The highest BCUT2D eigenvalue weighted by Gasteiger charge is 2.17. The molecule has 0 fully saturated rings. The van der Waals surface area contributed by atoms with Crippen LogP contribution in [-0.4, -0.2) is 15.8 Å². The number of nitro groups is 2. The quantitative estimate of drug-likeness (QED) is 0.686. The van der Waals surface area contributed by atoms with Crippen molar-refractivity contribution >= 4 is 23.0 Å². The summed E-state index contributed by atoms with van der Waals surface area (Å²) in [5, 5.41) is 23.7. The number of nitro benzene ring substituents is 2. The molecule has 0 aliphatic rings. The number of nitrogens with one attached hydrogen (secondary N) is 1. The number of hydrogen-bond acceptors (Lipinski definition) is 5. The fourth-order valence-electron chi connectivity index (χ4n) is 1.94. The van der Waals surface area contributed by atoms with Crippen LogP contribution in [0.3, 0.4) is 0 Å². The molecule has 0 unspecified atom stereocenters. The summed E-state index contributed by atoms with van der Waals surface area (Å²) in [4.78, 5) is 32.0. The Morgan fingerprint density at radius 1 is 1.09 bits per heavy atom. The number of rotatable bonds is 4. The first-order valence-electron chi connectivity index (χ1n) is 6.30. The molecule has 0 aromatic heterocycles. The molecule has 0 radical (unpaired) electrons. The van der Waals surface area contributed by atoms with Gasteiger partial charge in [-0.3, -0.25) is 25.0 Å². The number of carbonyl (C=O) groups excluding carboxylic acids is 1. The van der Waals surface area contributed by atoms with Gasteiger partial charge in [-0.25, -0.2) is 0 Å². The first-order chi connectivity index (χ1) is 10.8. The van der Waals surface area contributed by atoms with E-state index in [1.54, 1.807) is 0 Å². The molecule has 2 aromatic rings. The lowest BCUT2D eigenvalue weighted by Crippen LogP contribution is -2.13. The van der Waals surface area contributed by atoms with Gasteiger partial charge in [0.1, 0.15) is 0 Å². The zero-order valence-corrected chi connectivity index (χ0v) is 11.8. The van der Waals surface area contributed by atoms with Gasteiger partial charge in [0.15, 0.2) is 0 Å². The molecule has 0 aliphatic carbocycles. The maximum absolute atomic E-state index is 13.2. The molecule has 0 spiro atoms. The Bertz CT molecular complexity index is 822. The van der Waals surface area contributed by atoms with Crippen LogP contribution in [0.15, 0.2) is 36.4 Å². The predicted molar refractivity (Wildman–Crippen MR) is 78.8 cm³/mol. The molecular weight excluding hydrogens is 309 g/mol. The Morgan fingerprint density at radius 2 is 1.78 bits per heavy atom. The molecule has 1 amide bonds. The van der Waals surface area contributed by atoms with Crippen molar-refractivity contribution in [2.75, 3.05) is 5.32 Å². The van der Waals surface area contributed by atoms with Crippen LogP contribution >= 0.6 is 0 Å². The van der Waals surface area contributed by atoms with Crippen molar-refractivity contribution in [2.24, 2.45) is 0 Å². The highest BCUT2D eigenvalue weighted by atomic mass is 19.1. The van der Waals surface area contributed by atoms with Crippen LogP contribution in [0.25, 0.3) is 0 Å². The molecule has 0 atom stereocenters. The summed E-state index contributed by atoms with van der Waals surface area (Å²) >= 11 is 0. The SMILES string of the molecule is Cc1cc([N+](=O)[O-])ccc1C(=O)Nc1ccc(F)c([N+](=O)[O-])c1. The maximum atomic E-state index is 13.2. The lowest BCUT2D eigenvalue weighted by atomic mass is 10.1. The minimum Gasteiger partial charge on any atom is -0.322 e. The van der Waals surface area contributed by atoms with Crippen molar-refractivity contribution in [3.05, 3.63) is 73.6 Å². The maximum Gasteiger partial charge on any atom is 0.306 e. The number of amides is 1. The second kappa shape index (κ2) is 6.18. The third kappa shape index (κ3) is 3.46. The van der Waals surface area contributed by atoms with E-state index in [9.17, 15) is 29.4 Å². The van der Waals surface area contributed by atoms with E-state index in [1.165, 1.54) is 31.2 Å². The predicted octanol–water partition coefficient (Wildman–Crippen LogP) is 3.20. The lowest BCUT2D eigenvalue weighted by Gasteiger charge is -2.08. The number of nitrogens with zero attached hydrogens (tertiary/aromatic N) is 2. The summed E-state index contributed by atoms with van der Waals surface area (Å²) in [5.41, 5.74) is -0.337. The largest absolute Gasteiger partial charge is 0.322 e. The van der Waals surface area contributed by atoms with Crippen LogP contribution in [0.4, 0.5) is 21.5 Å². The van der Waals surface area contributed by atoms with Crippen LogP contribution in [0.1, 0.15) is 15.9 Å². The van der Waals surface area contributed by atoms with Gasteiger partial charge in [0.05, 0.1) is 9.85 Å². The molecule has 0 heterocycles. The summed E-state index contributed by atoms with van der Waals surface area (Å²) in [6.07, 6.45) is 0. The monoisotopic (exact) mass is 319 g/mol. The van der Waals surface area contributed by atoms with Crippen molar-refractivity contribution in [1.29, 1.82) is 0 Å². The van der Waals surface area contributed by atoms with Crippen molar-refractivity contribution in [3.8, 4) is 0 Å². The molecule has 23 heavy (non-hydrogen) atoms. The van der Waals surface area contributed by atoms with Crippen LogP contribution < -0.4 is 5.32 Å². The van der Waals surface area contributed by atoms with Crippen LogP contribution in [0.2, 0.25) is 0 Å². The number of anilines is 1. The molecule has 0 aliphatic heterocycles. The van der Waals surface area contributed by atoms with E-state index >= 15 is 0 Å². The third-order valence-corrected chi connectivity index (χ3v) is 3.07. The Labute approximate surface area is 128 Å². The number of halogens is 1. The van der Waals surface area contributed by atoms with Crippen molar-refractivity contribution < 1.29 is 19.0 Å². The Kier molecular flexibility index (Phi) is 4.30. The van der Waals surface area contributed by atoms with E-state index in [1.807, 2.05) is 0 Å². The summed E-state index contributed by atoms with van der Waals surface area (Å²) in [6, 6.07) is 6.64. The highest BCUT2D eigenvalue weighted by molar-refractivity contribution is 6.05. The van der Waals surface area contributed by atoms with Gasteiger partial charge in [0, 0.05) is 29.4 Å². The van der Waals surface area contributed by atoms with Gasteiger partial charge in [0.2, 0.25) is 5.82 Å². The van der Waals surface area contributed by atoms with Crippen molar-refractivity contribution in [1.82, 2.24) is 0 Å². The number of hydrogen-bond donors (Lipinski definition) is 1. The molecule has 2 rings (SSSR count). The highest BCUT2D eigenvalue weighted by Crippen LogP contribution is 2.23. The van der Waals surface area contributed by atoms with Gasteiger partial charge < -0.3 is 5.32 Å². The second-order valence-corrected chi connectivity index (χ2v) is 4.63. The molecule has 1 N–H and O–H groups in total. The molecule has 118 valence electrons. The van der Waals surface area contributed by atoms with Crippen LogP contribution in [-0.2, 0) is 0 Å². The zero-order valence-electron chi connectivity index (χ0n) is 11.8. The topological polar surface area (TPSA) is 115 Å². The smallest absolute Gasteiger partial charge is 0.306 e. The Hall–Kier alpha value is -3.36. The average Bonchev–Trinajstić information content (AvgIpc) is 2.48. The fourth-order valence-corrected chi connectivity index (χ4v) is 1.94. The van der Waals surface area contributed by atoms with Gasteiger partial charge in [0.25, 0.3) is 11.6 Å². The molecule has 8 nitrogen and oxygen atoms in total. The Balaban J connectivity index is 2.27. The van der Waals surface area contributed by atoms with E-state index < -0.39 is 27.3 Å². The molecule has 2 aromatic carbocycles. The van der Waals surface area contributed by atoms with Gasteiger partial charge in [-0.2, -0.15) is 4.39 Å². The number of aryl methyl sites for hydroxylation is 1. The van der Waals surface area contributed by atoms with Crippen LogP contribution in [0.5, 0.6) is 0 Å². The molecule has 0 bridgehead atoms. The van der Waals surface area contributed by atoms with E-state index in [2.05, 4.69) is 5.32 Å². The third-order valence-electron chi connectivity index (χ3n) is 3.07. The Morgan fingerprint density at radius 3 is 2.35 bits per heavy atom. The first kappa shape index (κ1) is 16.0. The molecule has 9 heteroatoms. The summed E-state index contributed by atoms with van der Waals surface area (Å²) in [7, 11) is 0. The second-order valence-electron chi connectivity index (χ2n) is 4.63. The van der Waals surface area contributed by atoms with Gasteiger partial charge in [-0.05, 0) is 30.7 Å². The fraction of sp³-hybridized carbons (Fsp3) is 0.0714. The van der Waals surface area contributed by atoms with E-state index in [0.717, 1.165) is 12.1 Å². The number of benzene rings is 2. The minimum atomic E-state index is -1.01. The molecular formula is C14H10FN3O5. The molecule has 0 saturated carbocycles. The minimum absolute atomic E-state index is 0.0425. The van der Waals surface area contributed by atoms with E-state index in [-0.39, 0.29) is 16.9 Å². The van der Waals surface area contributed by atoms with E-state index in [4.69, 9.17) is 0 Å². The van der Waals surface area contributed by atoms with Gasteiger partial charge in [-0.1, -0.05) is 0 Å². The lowest BCUT2D eigenvalue weighted by molar-refractivity contribution is -0.387. The van der Waals surface area contributed by atoms with E-state index in [0.29, 0.717) is 5.56 Å². The first-order valence-corrected chi connectivity index (χ1v) is 6.30. The standard InChI is InChI=1S/C14H10FN3O5/c1-8-6-10(17(20)21)3-4-11(8)14(19)16-9-2-5-12(15)13(7-9)18(22)23/h2-7H,1H3,(H,16,19). The zero-order chi connectivity index (χ0) is 17.1. The van der Waals surface area contributed by atoms with Gasteiger partial charge in [-0.15, -0.1) is 0 Å². The van der Waals surface area contributed by atoms with Crippen molar-refractivity contribution in [2.45, 2.75) is 6.92 Å². The summed E-state index contributed by atoms with van der Waals surface area (Å²) in [5.74, 6) is -1.63. The average molecular weight is 319 g/mol. The van der Waals surface area contributed by atoms with Crippen molar-refractivity contribution in [3.63, 3.8) is 0 Å². The number of carbonyl (C=O) groups is 1. The summed E-state index contributed by atoms with van der Waals surface area (Å²) in [6.45, 7) is 1.52. The summed E-state index contributed by atoms with van der Waals surface area (Å²) < 4.78 is 13.2. The van der Waals surface area contributed by atoms with Gasteiger partial charge >= 0.3 is 5.69 Å². The normalized spacial score (nSPS) is 10.2. The molecule has 0 saturated heterocycles. The number of non-ortho nitro benzene ring substituents is 1.